The molecule has 0 aliphatic heterocycles. The summed E-state index contributed by atoms with van der Waals surface area (Å²) in [6, 6.07) is 24.8. The summed E-state index contributed by atoms with van der Waals surface area (Å²) in [5, 5.41) is 8.37. The Morgan fingerprint density at radius 2 is 1.52 bits per heavy atom. The van der Waals surface area contributed by atoms with Crippen molar-refractivity contribution in [2.45, 2.75) is 19.6 Å². The molecule has 0 aliphatic rings. The monoisotopic (exact) mass is 354 g/mol. The van der Waals surface area contributed by atoms with Crippen LogP contribution in [0, 0.1) is 0 Å². The Labute approximate surface area is 159 Å². The van der Waals surface area contributed by atoms with Gasteiger partial charge < -0.3 is 5.32 Å². The third-order valence-electron chi connectivity index (χ3n) is 4.45. The van der Waals surface area contributed by atoms with Crippen LogP contribution in [0.15, 0.2) is 91.4 Å². The van der Waals surface area contributed by atoms with Crippen molar-refractivity contribution >= 4 is 0 Å². The molecule has 0 atom stereocenters. The number of benzene rings is 2. The van der Waals surface area contributed by atoms with Gasteiger partial charge in [-0.25, -0.2) is 0 Å². The molecule has 2 aromatic heterocycles. The van der Waals surface area contributed by atoms with Crippen molar-refractivity contribution in [1.29, 1.82) is 0 Å². The van der Waals surface area contributed by atoms with E-state index in [1.807, 2.05) is 29.1 Å². The molecule has 0 spiro atoms. The number of nitrogens with zero attached hydrogens (tertiary/aromatic N) is 3. The zero-order valence-electron chi connectivity index (χ0n) is 15.1. The Balaban J connectivity index is 1.54. The van der Waals surface area contributed by atoms with Gasteiger partial charge in [0, 0.05) is 42.8 Å². The van der Waals surface area contributed by atoms with Crippen LogP contribution in [0.2, 0.25) is 0 Å². The van der Waals surface area contributed by atoms with Crippen LogP contribution in [0.5, 0.6) is 0 Å². The van der Waals surface area contributed by atoms with Crippen LogP contribution < -0.4 is 5.32 Å². The molecular formula is C23H22N4. The molecule has 2 aromatic carbocycles. The summed E-state index contributed by atoms with van der Waals surface area (Å²) in [6.07, 6.45) is 5.79. The van der Waals surface area contributed by atoms with Crippen molar-refractivity contribution < 1.29 is 0 Å². The molecule has 4 heteroatoms. The minimum atomic E-state index is 0.757. The average Bonchev–Trinajstić information content (AvgIpc) is 3.13. The van der Waals surface area contributed by atoms with Crippen LogP contribution in [0.4, 0.5) is 0 Å². The normalized spacial score (nSPS) is 10.8. The van der Waals surface area contributed by atoms with E-state index in [2.05, 4.69) is 71.1 Å². The van der Waals surface area contributed by atoms with Gasteiger partial charge in [-0.3, -0.25) is 9.67 Å². The predicted molar refractivity (Wildman–Crippen MR) is 108 cm³/mol. The first-order chi connectivity index (χ1) is 13.4. The van der Waals surface area contributed by atoms with Crippen molar-refractivity contribution in [3.8, 4) is 11.3 Å². The highest BCUT2D eigenvalue weighted by atomic mass is 15.3. The summed E-state index contributed by atoms with van der Waals surface area (Å²) in [6.45, 7) is 2.35. The number of nitrogens with one attached hydrogen (secondary N) is 1. The predicted octanol–water partition coefficient (Wildman–Crippen LogP) is 4.28. The van der Waals surface area contributed by atoms with E-state index in [0.29, 0.717) is 0 Å². The summed E-state index contributed by atoms with van der Waals surface area (Å²) in [4.78, 5) is 4.25. The van der Waals surface area contributed by atoms with Gasteiger partial charge in [-0.15, -0.1) is 0 Å². The van der Waals surface area contributed by atoms with Gasteiger partial charge in [-0.1, -0.05) is 60.7 Å². The fourth-order valence-corrected chi connectivity index (χ4v) is 3.13. The quantitative estimate of drug-likeness (QED) is 0.538. The van der Waals surface area contributed by atoms with E-state index in [1.54, 1.807) is 6.20 Å². The second kappa shape index (κ2) is 8.43. The zero-order valence-corrected chi connectivity index (χ0v) is 15.1. The second-order valence-electron chi connectivity index (χ2n) is 6.52. The van der Waals surface area contributed by atoms with E-state index in [1.165, 1.54) is 16.7 Å². The molecule has 27 heavy (non-hydrogen) atoms. The van der Waals surface area contributed by atoms with Gasteiger partial charge in [0.15, 0.2) is 0 Å². The van der Waals surface area contributed by atoms with Crippen molar-refractivity contribution in [2.75, 3.05) is 0 Å². The maximum Gasteiger partial charge on any atom is 0.0983 e. The average molecular weight is 354 g/mol. The summed E-state index contributed by atoms with van der Waals surface area (Å²) < 4.78 is 2.01. The number of pyridine rings is 1. The molecule has 0 bridgehead atoms. The lowest BCUT2D eigenvalue weighted by molar-refractivity contribution is 0.677. The van der Waals surface area contributed by atoms with Crippen LogP contribution in [0.25, 0.3) is 11.3 Å². The third kappa shape index (κ3) is 4.49. The molecule has 0 saturated carbocycles. The molecule has 0 saturated heterocycles. The van der Waals surface area contributed by atoms with Crippen LogP contribution in [-0.2, 0) is 19.6 Å². The minimum absolute atomic E-state index is 0.757. The van der Waals surface area contributed by atoms with Crippen molar-refractivity contribution in [3.63, 3.8) is 0 Å². The lowest BCUT2D eigenvalue weighted by atomic mass is 10.1. The van der Waals surface area contributed by atoms with Crippen LogP contribution in [0.1, 0.15) is 16.7 Å². The summed E-state index contributed by atoms with van der Waals surface area (Å²) in [5.41, 5.74) is 5.72. The molecular weight excluding hydrogens is 332 g/mol. The summed E-state index contributed by atoms with van der Waals surface area (Å²) >= 11 is 0. The molecule has 4 aromatic rings. The fraction of sp³-hybridized carbons (Fsp3) is 0.130. The maximum atomic E-state index is 4.84. The van der Waals surface area contributed by atoms with E-state index in [4.69, 9.17) is 5.10 Å². The van der Waals surface area contributed by atoms with E-state index in [0.717, 1.165) is 30.9 Å². The molecule has 0 amide bonds. The molecule has 134 valence electrons. The standard InChI is InChI=1S/C23H22N4/c1-3-8-19(9-4-1)14-25-16-22-18-27(17-20-10-5-2-6-11-20)26-23(22)21-12-7-13-24-15-21/h1-13,15,18,25H,14,16-17H2. The number of aromatic nitrogens is 3. The van der Waals surface area contributed by atoms with Crippen molar-refractivity contribution in [1.82, 2.24) is 20.1 Å². The van der Waals surface area contributed by atoms with Crippen LogP contribution in [-0.4, -0.2) is 14.8 Å². The highest BCUT2D eigenvalue weighted by molar-refractivity contribution is 5.61. The molecule has 0 fully saturated rings. The number of rotatable bonds is 7. The Hall–Kier alpha value is -3.24. The van der Waals surface area contributed by atoms with Gasteiger partial charge in [0.2, 0.25) is 0 Å². The number of hydrogen-bond donors (Lipinski definition) is 1. The molecule has 0 radical (unpaired) electrons. The lowest BCUT2D eigenvalue weighted by Gasteiger charge is -2.05. The highest BCUT2D eigenvalue weighted by Gasteiger charge is 2.11. The Bertz CT molecular complexity index is 963. The van der Waals surface area contributed by atoms with Crippen LogP contribution >= 0.6 is 0 Å². The molecule has 0 unspecified atom stereocenters. The number of hydrogen-bond acceptors (Lipinski definition) is 3. The SMILES string of the molecule is c1ccc(CNCc2cn(Cc3ccccc3)nc2-c2cccnc2)cc1. The second-order valence-corrected chi connectivity index (χ2v) is 6.52. The molecule has 1 N–H and O–H groups in total. The summed E-state index contributed by atoms with van der Waals surface area (Å²) in [5.74, 6) is 0. The van der Waals surface area contributed by atoms with Gasteiger partial charge in [0.25, 0.3) is 0 Å². The lowest BCUT2D eigenvalue weighted by Crippen LogP contribution is -2.12. The largest absolute Gasteiger partial charge is 0.308 e. The molecule has 4 nitrogen and oxygen atoms in total. The van der Waals surface area contributed by atoms with E-state index in [-0.39, 0.29) is 0 Å². The first-order valence-corrected chi connectivity index (χ1v) is 9.14. The Kier molecular flexibility index (Phi) is 5.36. The summed E-state index contributed by atoms with van der Waals surface area (Å²) in [7, 11) is 0. The van der Waals surface area contributed by atoms with Gasteiger partial charge in [0.05, 0.1) is 12.2 Å². The van der Waals surface area contributed by atoms with Gasteiger partial charge in [-0.05, 0) is 23.3 Å². The molecule has 2 heterocycles. The molecule has 0 aliphatic carbocycles. The fourth-order valence-electron chi connectivity index (χ4n) is 3.13. The Morgan fingerprint density at radius 3 is 2.22 bits per heavy atom. The first kappa shape index (κ1) is 17.2. The van der Waals surface area contributed by atoms with Gasteiger partial charge >= 0.3 is 0 Å². The van der Waals surface area contributed by atoms with E-state index in [9.17, 15) is 0 Å². The smallest absolute Gasteiger partial charge is 0.0983 e. The van der Waals surface area contributed by atoms with Crippen molar-refractivity contribution in [3.05, 3.63) is 108 Å². The highest BCUT2D eigenvalue weighted by Crippen LogP contribution is 2.21. The topological polar surface area (TPSA) is 42.7 Å². The van der Waals surface area contributed by atoms with Gasteiger partial charge in [0.1, 0.15) is 0 Å². The van der Waals surface area contributed by atoms with E-state index >= 15 is 0 Å². The third-order valence-corrected chi connectivity index (χ3v) is 4.45. The van der Waals surface area contributed by atoms with Crippen molar-refractivity contribution in [2.24, 2.45) is 0 Å². The van der Waals surface area contributed by atoms with Gasteiger partial charge in [-0.2, -0.15) is 5.10 Å². The Morgan fingerprint density at radius 1 is 0.778 bits per heavy atom. The first-order valence-electron chi connectivity index (χ1n) is 9.14. The van der Waals surface area contributed by atoms with E-state index < -0.39 is 0 Å². The molecule has 4 rings (SSSR count). The van der Waals surface area contributed by atoms with Crippen LogP contribution in [0.3, 0.4) is 0 Å². The maximum absolute atomic E-state index is 4.84. The minimum Gasteiger partial charge on any atom is -0.308 e. The zero-order chi connectivity index (χ0) is 18.3.